The van der Waals surface area contributed by atoms with Crippen LogP contribution >= 0.6 is 11.8 Å². The molecule has 4 rings (SSSR count). The lowest BCUT2D eigenvalue weighted by molar-refractivity contribution is -0.119. The minimum atomic E-state index is -0.520. The highest BCUT2D eigenvalue weighted by Gasteiger charge is 2.26. The summed E-state index contributed by atoms with van der Waals surface area (Å²) in [4.78, 5) is 25.0. The molecule has 2 heterocycles. The van der Waals surface area contributed by atoms with E-state index in [1.807, 2.05) is 28.8 Å². The van der Waals surface area contributed by atoms with E-state index < -0.39 is 11.3 Å². The number of thioether (sulfide) groups is 1. The monoisotopic (exact) mass is 487 g/mol. The highest BCUT2D eigenvalue weighted by Crippen LogP contribution is 2.29. The molecule has 9 nitrogen and oxygen atoms in total. The van der Waals surface area contributed by atoms with Gasteiger partial charge in [-0.15, -0.1) is 10.2 Å². The summed E-state index contributed by atoms with van der Waals surface area (Å²) < 4.78 is 13.1. The second-order valence-corrected chi connectivity index (χ2v) is 10.1. The summed E-state index contributed by atoms with van der Waals surface area (Å²) in [5, 5.41) is 14.3. The number of carbonyl (C=O) groups is 2. The number of ether oxygens (including phenoxy) is 2. The Morgan fingerprint density at radius 3 is 2.59 bits per heavy atom. The number of nitrogens with zero attached hydrogens (tertiary/aromatic N) is 3. The summed E-state index contributed by atoms with van der Waals surface area (Å²) in [6.45, 7) is 3.13. The van der Waals surface area contributed by atoms with Gasteiger partial charge in [0.05, 0.1) is 25.0 Å². The van der Waals surface area contributed by atoms with Crippen LogP contribution in [-0.2, 0) is 16.1 Å². The quantitative estimate of drug-likeness (QED) is 0.546. The maximum Gasteiger partial charge on any atom is 0.321 e. The van der Waals surface area contributed by atoms with Crippen molar-refractivity contribution >= 4 is 23.7 Å². The molecule has 1 aliphatic heterocycles. The van der Waals surface area contributed by atoms with Gasteiger partial charge in [0.15, 0.2) is 11.0 Å². The third-order valence-electron chi connectivity index (χ3n) is 6.30. The molecule has 3 amide bonds. The number of amides is 3. The van der Waals surface area contributed by atoms with Gasteiger partial charge in [0, 0.05) is 18.2 Å². The molecule has 2 unspecified atom stereocenters. The van der Waals surface area contributed by atoms with Crippen LogP contribution in [0.25, 0.3) is 11.4 Å². The van der Waals surface area contributed by atoms with Crippen molar-refractivity contribution in [2.45, 2.75) is 81.0 Å². The van der Waals surface area contributed by atoms with Gasteiger partial charge < -0.3 is 14.8 Å². The molecule has 1 aromatic heterocycles. The Kier molecular flexibility index (Phi) is 8.44. The number of hydrogen-bond donors (Lipinski definition) is 2. The molecule has 2 fully saturated rings. The Hall–Kier alpha value is -2.59. The normalized spacial score (nSPS) is 19.5. The SMILES string of the molecule is COc1ccc(-c2nnc(SC(C)C(=O)NC(=O)NC3CCCCC3)n2CC2CCCO2)cc1. The topological polar surface area (TPSA) is 107 Å². The van der Waals surface area contributed by atoms with Crippen molar-refractivity contribution < 1.29 is 19.1 Å². The highest BCUT2D eigenvalue weighted by atomic mass is 32.2. The molecule has 1 saturated heterocycles. The number of imide groups is 1. The Morgan fingerprint density at radius 2 is 1.91 bits per heavy atom. The number of urea groups is 1. The summed E-state index contributed by atoms with van der Waals surface area (Å²) in [6, 6.07) is 7.36. The van der Waals surface area contributed by atoms with E-state index in [0.29, 0.717) is 17.5 Å². The Labute approximate surface area is 204 Å². The summed E-state index contributed by atoms with van der Waals surface area (Å²) in [5.41, 5.74) is 0.905. The second kappa shape index (κ2) is 11.7. The molecule has 2 atom stereocenters. The molecule has 0 bridgehead atoms. The molecule has 2 aromatic rings. The molecule has 0 spiro atoms. The van der Waals surface area contributed by atoms with Gasteiger partial charge in [0.2, 0.25) is 5.91 Å². The first-order valence-electron chi connectivity index (χ1n) is 12.0. The van der Waals surface area contributed by atoms with Crippen LogP contribution in [0.5, 0.6) is 5.75 Å². The fraction of sp³-hybridized carbons (Fsp3) is 0.583. The molecular formula is C24H33N5O4S. The van der Waals surface area contributed by atoms with Gasteiger partial charge in [-0.2, -0.15) is 0 Å². The van der Waals surface area contributed by atoms with E-state index in [2.05, 4.69) is 20.8 Å². The maximum atomic E-state index is 12.7. The number of aromatic nitrogens is 3. The van der Waals surface area contributed by atoms with E-state index in [9.17, 15) is 9.59 Å². The van der Waals surface area contributed by atoms with Crippen molar-refractivity contribution in [2.24, 2.45) is 0 Å². The fourth-order valence-electron chi connectivity index (χ4n) is 4.38. The number of carbonyl (C=O) groups excluding carboxylic acids is 2. The molecule has 1 aromatic carbocycles. The van der Waals surface area contributed by atoms with Crippen LogP contribution in [0.3, 0.4) is 0 Å². The summed E-state index contributed by atoms with van der Waals surface area (Å²) >= 11 is 1.29. The predicted molar refractivity (Wildman–Crippen MR) is 130 cm³/mol. The Morgan fingerprint density at radius 1 is 1.15 bits per heavy atom. The first-order valence-corrected chi connectivity index (χ1v) is 12.9. The average Bonchev–Trinajstić information content (AvgIpc) is 3.50. The fourth-order valence-corrected chi connectivity index (χ4v) is 5.24. The van der Waals surface area contributed by atoms with Crippen LogP contribution in [0.2, 0.25) is 0 Å². The van der Waals surface area contributed by atoms with E-state index in [1.54, 1.807) is 14.0 Å². The minimum absolute atomic E-state index is 0.0813. The van der Waals surface area contributed by atoms with Crippen LogP contribution in [-0.4, -0.2) is 57.8 Å². The minimum Gasteiger partial charge on any atom is -0.497 e. The molecule has 0 radical (unpaired) electrons. The number of benzene rings is 1. The first kappa shape index (κ1) is 24.5. The highest BCUT2D eigenvalue weighted by molar-refractivity contribution is 8.00. The van der Waals surface area contributed by atoms with Crippen molar-refractivity contribution in [2.75, 3.05) is 13.7 Å². The van der Waals surface area contributed by atoms with Gasteiger partial charge in [-0.1, -0.05) is 31.0 Å². The molecule has 34 heavy (non-hydrogen) atoms. The average molecular weight is 488 g/mol. The lowest BCUT2D eigenvalue weighted by Gasteiger charge is -2.23. The molecule has 1 saturated carbocycles. The van der Waals surface area contributed by atoms with Gasteiger partial charge in [0.25, 0.3) is 0 Å². The first-order chi connectivity index (χ1) is 16.5. The van der Waals surface area contributed by atoms with E-state index in [1.165, 1.54) is 18.2 Å². The number of hydrogen-bond acceptors (Lipinski definition) is 7. The van der Waals surface area contributed by atoms with Gasteiger partial charge >= 0.3 is 6.03 Å². The standard InChI is InChI=1S/C24H33N5O4S/c1-16(22(30)26-23(31)25-18-7-4-3-5-8-18)34-24-28-27-21(17-10-12-19(32-2)13-11-17)29(24)15-20-9-6-14-33-20/h10-13,16,18,20H,3-9,14-15H2,1-2H3,(H2,25,26,30,31). The number of nitrogens with one attached hydrogen (secondary N) is 2. The van der Waals surface area contributed by atoms with Crippen LogP contribution in [0.1, 0.15) is 51.9 Å². The Bertz CT molecular complexity index is 968. The van der Waals surface area contributed by atoms with Crippen molar-refractivity contribution in [1.82, 2.24) is 25.4 Å². The van der Waals surface area contributed by atoms with Gasteiger partial charge in [0.1, 0.15) is 5.75 Å². The zero-order valence-electron chi connectivity index (χ0n) is 19.8. The maximum absolute atomic E-state index is 12.7. The van der Waals surface area contributed by atoms with Crippen molar-refractivity contribution in [3.63, 3.8) is 0 Å². The predicted octanol–water partition coefficient (Wildman–Crippen LogP) is 3.77. The molecule has 2 aliphatic rings. The van der Waals surface area contributed by atoms with Crippen LogP contribution < -0.4 is 15.4 Å². The van der Waals surface area contributed by atoms with E-state index >= 15 is 0 Å². The Balaban J connectivity index is 1.44. The summed E-state index contributed by atoms with van der Waals surface area (Å²) in [7, 11) is 1.63. The second-order valence-electron chi connectivity index (χ2n) is 8.84. The lowest BCUT2D eigenvalue weighted by Crippen LogP contribution is -2.47. The van der Waals surface area contributed by atoms with Crippen LogP contribution in [0.15, 0.2) is 29.4 Å². The third kappa shape index (κ3) is 6.29. The lowest BCUT2D eigenvalue weighted by atomic mass is 9.96. The molecule has 2 N–H and O–H groups in total. The van der Waals surface area contributed by atoms with Gasteiger partial charge in [-0.3, -0.25) is 14.7 Å². The number of methoxy groups -OCH3 is 1. The summed E-state index contributed by atoms with van der Waals surface area (Å²) in [6.07, 6.45) is 7.45. The van der Waals surface area contributed by atoms with Crippen molar-refractivity contribution in [3.8, 4) is 17.1 Å². The summed E-state index contributed by atoms with van der Waals surface area (Å²) in [5.74, 6) is 1.12. The van der Waals surface area contributed by atoms with Crippen molar-refractivity contribution in [1.29, 1.82) is 0 Å². The third-order valence-corrected chi connectivity index (χ3v) is 7.38. The largest absolute Gasteiger partial charge is 0.497 e. The molecule has 1 aliphatic carbocycles. The van der Waals surface area contributed by atoms with E-state index in [0.717, 1.165) is 56.4 Å². The van der Waals surface area contributed by atoms with Gasteiger partial charge in [-0.05, 0) is 56.9 Å². The van der Waals surface area contributed by atoms with Gasteiger partial charge in [-0.25, -0.2) is 4.79 Å². The smallest absolute Gasteiger partial charge is 0.321 e. The zero-order chi connectivity index (χ0) is 23.9. The molecular weight excluding hydrogens is 454 g/mol. The van der Waals surface area contributed by atoms with Crippen LogP contribution in [0.4, 0.5) is 4.79 Å². The van der Waals surface area contributed by atoms with Crippen molar-refractivity contribution in [3.05, 3.63) is 24.3 Å². The van der Waals surface area contributed by atoms with E-state index in [4.69, 9.17) is 9.47 Å². The van der Waals surface area contributed by atoms with Crippen LogP contribution in [0, 0.1) is 0 Å². The zero-order valence-corrected chi connectivity index (χ0v) is 20.6. The van der Waals surface area contributed by atoms with E-state index in [-0.39, 0.29) is 18.1 Å². The molecule has 10 heteroatoms. The number of rotatable bonds is 8. The molecule has 184 valence electrons.